The summed E-state index contributed by atoms with van der Waals surface area (Å²) in [5.41, 5.74) is 12.0. The standard InChI is InChI=1S/C16H26N2/c1-11-9-13(3)14(10-12(11)2)16-15(17)7-5-6-8-18(16)4/h9-10,15-16H,5-8,17H2,1-4H3. The molecule has 2 N–H and O–H groups in total. The van der Waals surface area contributed by atoms with Crippen LogP contribution in [0.25, 0.3) is 0 Å². The molecule has 0 aromatic heterocycles. The number of nitrogens with two attached hydrogens (primary N) is 1. The second-order valence-electron chi connectivity index (χ2n) is 5.88. The van der Waals surface area contributed by atoms with Gasteiger partial charge in [0, 0.05) is 12.1 Å². The molecule has 18 heavy (non-hydrogen) atoms. The van der Waals surface area contributed by atoms with Crippen LogP contribution in [0.15, 0.2) is 12.1 Å². The first-order chi connectivity index (χ1) is 8.50. The van der Waals surface area contributed by atoms with Gasteiger partial charge >= 0.3 is 0 Å². The minimum Gasteiger partial charge on any atom is -0.326 e. The Morgan fingerprint density at radius 1 is 1.06 bits per heavy atom. The van der Waals surface area contributed by atoms with Crippen LogP contribution in [-0.2, 0) is 0 Å². The lowest BCUT2D eigenvalue weighted by atomic mass is 9.90. The minimum atomic E-state index is 0.262. The van der Waals surface area contributed by atoms with Crippen molar-refractivity contribution in [2.24, 2.45) is 5.73 Å². The first kappa shape index (κ1) is 13.6. The van der Waals surface area contributed by atoms with Crippen molar-refractivity contribution in [3.05, 3.63) is 34.4 Å². The fourth-order valence-corrected chi connectivity index (χ4v) is 3.13. The highest BCUT2D eigenvalue weighted by molar-refractivity contribution is 5.39. The molecule has 100 valence electrons. The Labute approximate surface area is 111 Å². The van der Waals surface area contributed by atoms with Gasteiger partial charge in [0.15, 0.2) is 0 Å². The molecule has 2 nitrogen and oxygen atoms in total. The molecule has 1 aromatic rings. The smallest absolute Gasteiger partial charge is 0.0499 e. The summed E-state index contributed by atoms with van der Waals surface area (Å²) in [5, 5.41) is 0. The van der Waals surface area contributed by atoms with Crippen LogP contribution in [-0.4, -0.2) is 24.5 Å². The number of rotatable bonds is 1. The summed E-state index contributed by atoms with van der Waals surface area (Å²) < 4.78 is 0. The molecule has 0 bridgehead atoms. The van der Waals surface area contributed by atoms with Gasteiger partial charge in [-0.15, -0.1) is 0 Å². The molecule has 0 amide bonds. The van der Waals surface area contributed by atoms with Gasteiger partial charge < -0.3 is 5.73 Å². The van der Waals surface area contributed by atoms with E-state index in [1.807, 2.05) is 0 Å². The van der Waals surface area contributed by atoms with Crippen molar-refractivity contribution < 1.29 is 0 Å². The van der Waals surface area contributed by atoms with Gasteiger partial charge in [0.1, 0.15) is 0 Å². The second kappa shape index (κ2) is 5.41. The Kier molecular flexibility index (Phi) is 4.08. The zero-order valence-corrected chi connectivity index (χ0v) is 12.2. The molecule has 2 atom stereocenters. The molecular formula is C16H26N2. The van der Waals surface area contributed by atoms with Crippen LogP contribution in [0.5, 0.6) is 0 Å². The SMILES string of the molecule is Cc1cc(C)c(C2C(N)CCCCN2C)cc1C. The van der Waals surface area contributed by atoms with Crippen LogP contribution in [0.3, 0.4) is 0 Å². The molecule has 0 radical (unpaired) electrons. The Hall–Kier alpha value is -0.860. The van der Waals surface area contributed by atoms with Crippen molar-refractivity contribution in [3.8, 4) is 0 Å². The van der Waals surface area contributed by atoms with E-state index in [1.54, 1.807) is 0 Å². The van der Waals surface area contributed by atoms with Gasteiger partial charge in [0.25, 0.3) is 0 Å². The molecule has 0 aliphatic carbocycles. The number of aryl methyl sites for hydroxylation is 3. The highest BCUT2D eigenvalue weighted by Gasteiger charge is 2.27. The van der Waals surface area contributed by atoms with Gasteiger partial charge in [0.05, 0.1) is 0 Å². The third-order valence-corrected chi connectivity index (χ3v) is 4.38. The van der Waals surface area contributed by atoms with E-state index in [2.05, 4.69) is 44.9 Å². The summed E-state index contributed by atoms with van der Waals surface area (Å²) >= 11 is 0. The number of hydrogen-bond donors (Lipinski definition) is 1. The molecule has 1 saturated heterocycles. The van der Waals surface area contributed by atoms with E-state index in [1.165, 1.54) is 35.1 Å². The average Bonchev–Trinajstić information content (AvgIpc) is 2.46. The third-order valence-electron chi connectivity index (χ3n) is 4.38. The van der Waals surface area contributed by atoms with E-state index >= 15 is 0 Å². The Morgan fingerprint density at radius 2 is 1.72 bits per heavy atom. The Morgan fingerprint density at radius 3 is 2.44 bits per heavy atom. The normalized spacial score (nSPS) is 26.1. The van der Waals surface area contributed by atoms with E-state index in [0.29, 0.717) is 6.04 Å². The van der Waals surface area contributed by atoms with Crippen molar-refractivity contribution in [3.63, 3.8) is 0 Å². The van der Waals surface area contributed by atoms with Crippen LogP contribution in [0.1, 0.15) is 47.6 Å². The fourth-order valence-electron chi connectivity index (χ4n) is 3.13. The second-order valence-corrected chi connectivity index (χ2v) is 5.88. The lowest BCUT2D eigenvalue weighted by Gasteiger charge is -2.32. The predicted octanol–water partition coefficient (Wildman–Crippen LogP) is 3.10. The summed E-state index contributed by atoms with van der Waals surface area (Å²) in [5.74, 6) is 0. The topological polar surface area (TPSA) is 29.3 Å². The van der Waals surface area contributed by atoms with Gasteiger partial charge in [-0.3, -0.25) is 4.90 Å². The summed E-state index contributed by atoms with van der Waals surface area (Å²) in [6.07, 6.45) is 3.66. The average molecular weight is 246 g/mol. The molecule has 2 rings (SSSR count). The van der Waals surface area contributed by atoms with Crippen molar-refractivity contribution in [2.45, 2.75) is 52.1 Å². The van der Waals surface area contributed by atoms with Crippen LogP contribution in [0.4, 0.5) is 0 Å². The zero-order valence-electron chi connectivity index (χ0n) is 12.2. The molecule has 0 spiro atoms. The maximum atomic E-state index is 6.42. The van der Waals surface area contributed by atoms with E-state index in [4.69, 9.17) is 5.73 Å². The van der Waals surface area contributed by atoms with Gasteiger partial charge in [0.2, 0.25) is 0 Å². The lowest BCUT2D eigenvalue weighted by molar-refractivity contribution is 0.229. The highest BCUT2D eigenvalue weighted by atomic mass is 15.1. The van der Waals surface area contributed by atoms with E-state index < -0.39 is 0 Å². The first-order valence-electron chi connectivity index (χ1n) is 7.04. The number of nitrogens with zero attached hydrogens (tertiary/aromatic N) is 1. The first-order valence-corrected chi connectivity index (χ1v) is 7.04. The van der Waals surface area contributed by atoms with E-state index in [0.717, 1.165) is 13.0 Å². The fraction of sp³-hybridized carbons (Fsp3) is 0.625. The number of likely N-dealkylation sites (tertiary alicyclic amines) is 1. The van der Waals surface area contributed by atoms with Gasteiger partial charge in [-0.2, -0.15) is 0 Å². The molecule has 0 saturated carbocycles. The highest BCUT2D eigenvalue weighted by Crippen LogP contribution is 2.31. The molecule has 1 heterocycles. The summed E-state index contributed by atoms with van der Waals surface area (Å²) in [6.45, 7) is 7.75. The molecule has 1 aliphatic rings. The number of likely N-dealkylation sites (N-methyl/N-ethyl adjacent to an activating group) is 1. The number of benzene rings is 1. The van der Waals surface area contributed by atoms with Crippen LogP contribution in [0.2, 0.25) is 0 Å². The van der Waals surface area contributed by atoms with Gasteiger partial charge in [-0.1, -0.05) is 18.6 Å². The monoisotopic (exact) mass is 246 g/mol. The van der Waals surface area contributed by atoms with Gasteiger partial charge in [-0.05, 0) is 69.5 Å². The van der Waals surface area contributed by atoms with Crippen molar-refractivity contribution in [1.82, 2.24) is 4.90 Å². The number of hydrogen-bond acceptors (Lipinski definition) is 2. The van der Waals surface area contributed by atoms with Crippen molar-refractivity contribution in [1.29, 1.82) is 0 Å². The lowest BCUT2D eigenvalue weighted by Crippen LogP contribution is -2.38. The van der Waals surface area contributed by atoms with Crippen LogP contribution in [0, 0.1) is 20.8 Å². The van der Waals surface area contributed by atoms with Crippen LogP contribution >= 0.6 is 0 Å². The van der Waals surface area contributed by atoms with Crippen molar-refractivity contribution >= 4 is 0 Å². The Bertz CT molecular complexity index is 413. The maximum absolute atomic E-state index is 6.42. The predicted molar refractivity (Wildman–Crippen MR) is 77.9 cm³/mol. The van der Waals surface area contributed by atoms with E-state index in [-0.39, 0.29) is 6.04 Å². The third kappa shape index (κ3) is 2.60. The van der Waals surface area contributed by atoms with E-state index in [9.17, 15) is 0 Å². The minimum absolute atomic E-state index is 0.262. The van der Waals surface area contributed by atoms with Gasteiger partial charge in [-0.25, -0.2) is 0 Å². The largest absolute Gasteiger partial charge is 0.326 e. The van der Waals surface area contributed by atoms with Crippen molar-refractivity contribution in [2.75, 3.05) is 13.6 Å². The summed E-state index contributed by atoms with van der Waals surface area (Å²) in [4.78, 5) is 2.44. The Balaban J connectivity index is 2.41. The molecule has 2 heteroatoms. The molecular weight excluding hydrogens is 220 g/mol. The quantitative estimate of drug-likeness (QED) is 0.825. The molecule has 1 aromatic carbocycles. The molecule has 2 unspecified atom stereocenters. The van der Waals surface area contributed by atoms with Crippen LogP contribution < -0.4 is 5.73 Å². The zero-order chi connectivity index (χ0) is 13.3. The molecule has 1 aliphatic heterocycles. The summed E-state index contributed by atoms with van der Waals surface area (Å²) in [7, 11) is 2.21. The molecule has 1 fully saturated rings. The maximum Gasteiger partial charge on any atom is 0.0499 e. The summed E-state index contributed by atoms with van der Waals surface area (Å²) in [6, 6.07) is 5.29.